The van der Waals surface area contributed by atoms with Crippen LogP contribution in [0.25, 0.3) is 0 Å². The molecule has 1 aliphatic carbocycles. The van der Waals surface area contributed by atoms with Gasteiger partial charge in [-0.2, -0.15) is 4.31 Å². The third-order valence-electron chi connectivity index (χ3n) is 4.22. The van der Waals surface area contributed by atoms with Gasteiger partial charge in [0.1, 0.15) is 0 Å². The Hall–Kier alpha value is -1.44. The summed E-state index contributed by atoms with van der Waals surface area (Å²) in [5, 5.41) is 2.92. The zero-order valence-corrected chi connectivity index (χ0v) is 14.5. The van der Waals surface area contributed by atoms with Crippen LogP contribution in [0.5, 0.6) is 0 Å². The second-order valence-corrected chi connectivity index (χ2v) is 7.70. The van der Waals surface area contributed by atoms with Crippen LogP contribution < -0.4 is 11.1 Å². The lowest BCUT2D eigenvalue weighted by Gasteiger charge is -2.19. The lowest BCUT2D eigenvalue weighted by molar-refractivity contribution is 0.0933. The molecule has 0 aromatic heterocycles. The number of carbonyl (C=O) groups is 1. The Balaban J connectivity index is 2.11. The normalized spacial score (nSPS) is 16.3. The van der Waals surface area contributed by atoms with E-state index in [1.54, 1.807) is 26.0 Å². The molecular formula is C16H25N3O3S. The standard InChI is InChI=1S/C16H25N3O3S/c1-3-19(4-2)23(21,22)14-9-7-13(8-10-14)16(20)18-15(11-17)12-5-6-12/h7-10,12,15H,3-6,11,17H2,1-2H3,(H,18,20). The summed E-state index contributed by atoms with van der Waals surface area (Å²) < 4.78 is 26.2. The van der Waals surface area contributed by atoms with Crippen LogP contribution in [-0.4, -0.2) is 44.3 Å². The predicted molar refractivity (Wildman–Crippen MR) is 89.6 cm³/mol. The van der Waals surface area contributed by atoms with Crippen molar-refractivity contribution in [1.82, 2.24) is 9.62 Å². The van der Waals surface area contributed by atoms with Crippen molar-refractivity contribution in [3.8, 4) is 0 Å². The second-order valence-electron chi connectivity index (χ2n) is 5.77. The molecule has 1 saturated carbocycles. The van der Waals surface area contributed by atoms with Crippen LogP contribution in [0.3, 0.4) is 0 Å². The first-order chi connectivity index (χ1) is 10.9. The summed E-state index contributed by atoms with van der Waals surface area (Å²) in [6.07, 6.45) is 2.20. The van der Waals surface area contributed by atoms with E-state index >= 15 is 0 Å². The molecule has 3 N–H and O–H groups in total. The van der Waals surface area contributed by atoms with Crippen molar-refractivity contribution in [2.45, 2.75) is 37.6 Å². The van der Waals surface area contributed by atoms with Crippen LogP contribution >= 0.6 is 0 Å². The molecule has 128 valence electrons. The number of nitrogens with two attached hydrogens (primary N) is 1. The number of nitrogens with one attached hydrogen (secondary N) is 1. The van der Waals surface area contributed by atoms with Crippen molar-refractivity contribution >= 4 is 15.9 Å². The summed E-state index contributed by atoms with van der Waals surface area (Å²) >= 11 is 0. The molecule has 0 bridgehead atoms. The highest BCUT2D eigenvalue weighted by molar-refractivity contribution is 7.89. The van der Waals surface area contributed by atoms with Gasteiger partial charge >= 0.3 is 0 Å². The van der Waals surface area contributed by atoms with E-state index < -0.39 is 10.0 Å². The molecule has 1 aliphatic rings. The van der Waals surface area contributed by atoms with Gasteiger partial charge in [-0.05, 0) is 43.0 Å². The van der Waals surface area contributed by atoms with E-state index in [4.69, 9.17) is 5.73 Å². The van der Waals surface area contributed by atoms with Crippen LogP contribution in [-0.2, 0) is 10.0 Å². The molecule has 0 heterocycles. The molecule has 2 rings (SSSR count). The molecule has 6 nitrogen and oxygen atoms in total. The van der Waals surface area contributed by atoms with Crippen molar-refractivity contribution in [3.05, 3.63) is 29.8 Å². The molecule has 7 heteroatoms. The molecule has 0 spiro atoms. The fourth-order valence-corrected chi connectivity index (χ4v) is 4.07. The fourth-order valence-electron chi connectivity index (χ4n) is 2.61. The van der Waals surface area contributed by atoms with Gasteiger partial charge in [-0.25, -0.2) is 8.42 Å². The molecule has 1 atom stereocenters. The number of rotatable bonds is 8. The van der Waals surface area contributed by atoms with Crippen LogP contribution in [0.15, 0.2) is 29.2 Å². The largest absolute Gasteiger partial charge is 0.348 e. The average Bonchev–Trinajstić information content (AvgIpc) is 3.38. The van der Waals surface area contributed by atoms with Gasteiger partial charge in [0.05, 0.1) is 4.90 Å². The summed E-state index contributed by atoms with van der Waals surface area (Å²) in [6.45, 7) is 4.85. The Morgan fingerprint density at radius 3 is 2.26 bits per heavy atom. The van der Waals surface area contributed by atoms with E-state index in [0.29, 0.717) is 31.1 Å². The van der Waals surface area contributed by atoms with Crippen molar-refractivity contribution in [1.29, 1.82) is 0 Å². The first-order valence-electron chi connectivity index (χ1n) is 8.05. The average molecular weight is 339 g/mol. The zero-order chi connectivity index (χ0) is 17.0. The number of carbonyl (C=O) groups excluding carboxylic acids is 1. The van der Waals surface area contributed by atoms with Gasteiger partial charge in [-0.3, -0.25) is 4.79 Å². The van der Waals surface area contributed by atoms with E-state index in [-0.39, 0.29) is 16.8 Å². The van der Waals surface area contributed by atoms with E-state index in [0.717, 1.165) is 12.8 Å². The first-order valence-corrected chi connectivity index (χ1v) is 9.49. The van der Waals surface area contributed by atoms with E-state index in [1.807, 2.05) is 0 Å². The van der Waals surface area contributed by atoms with Gasteiger partial charge in [0.25, 0.3) is 5.91 Å². The molecule has 0 saturated heterocycles. The molecule has 1 unspecified atom stereocenters. The number of nitrogens with zero attached hydrogens (tertiary/aromatic N) is 1. The van der Waals surface area contributed by atoms with E-state index in [1.165, 1.54) is 16.4 Å². The third-order valence-corrected chi connectivity index (χ3v) is 6.29. The topological polar surface area (TPSA) is 92.5 Å². The van der Waals surface area contributed by atoms with Gasteiger partial charge in [-0.15, -0.1) is 0 Å². The lowest BCUT2D eigenvalue weighted by Crippen LogP contribution is -2.41. The quantitative estimate of drug-likeness (QED) is 0.744. The molecule has 0 aliphatic heterocycles. The molecule has 1 aromatic rings. The van der Waals surface area contributed by atoms with Crippen LogP contribution in [0.2, 0.25) is 0 Å². The minimum Gasteiger partial charge on any atom is -0.348 e. The highest BCUT2D eigenvalue weighted by Gasteiger charge is 2.31. The highest BCUT2D eigenvalue weighted by Crippen LogP contribution is 2.32. The first kappa shape index (κ1) is 17.9. The smallest absolute Gasteiger partial charge is 0.251 e. The van der Waals surface area contributed by atoms with Crippen LogP contribution in [0, 0.1) is 5.92 Å². The Morgan fingerprint density at radius 1 is 1.26 bits per heavy atom. The summed E-state index contributed by atoms with van der Waals surface area (Å²) in [5.41, 5.74) is 6.13. The molecule has 1 amide bonds. The lowest BCUT2D eigenvalue weighted by atomic mass is 10.1. The number of hydrogen-bond acceptors (Lipinski definition) is 4. The fraction of sp³-hybridized carbons (Fsp3) is 0.562. The minimum atomic E-state index is -3.49. The predicted octanol–water partition coefficient (Wildman–Crippen LogP) is 1.18. The maximum absolute atomic E-state index is 12.4. The Labute approximate surface area is 138 Å². The number of hydrogen-bond donors (Lipinski definition) is 2. The third kappa shape index (κ3) is 4.10. The number of sulfonamides is 1. The van der Waals surface area contributed by atoms with Gasteiger partial charge in [0.15, 0.2) is 0 Å². The van der Waals surface area contributed by atoms with Gasteiger partial charge in [-0.1, -0.05) is 13.8 Å². The molecule has 0 radical (unpaired) electrons. The maximum Gasteiger partial charge on any atom is 0.251 e. The zero-order valence-electron chi connectivity index (χ0n) is 13.7. The van der Waals surface area contributed by atoms with Crippen molar-refractivity contribution in [2.75, 3.05) is 19.6 Å². The van der Waals surface area contributed by atoms with Crippen LogP contribution in [0.1, 0.15) is 37.0 Å². The van der Waals surface area contributed by atoms with Crippen LogP contribution in [0.4, 0.5) is 0 Å². The van der Waals surface area contributed by atoms with Gasteiger partial charge in [0, 0.05) is 31.2 Å². The monoisotopic (exact) mass is 339 g/mol. The van der Waals surface area contributed by atoms with E-state index in [9.17, 15) is 13.2 Å². The van der Waals surface area contributed by atoms with Crippen molar-refractivity contribution < 1.29 is 13.2 Å². The molecule has 1 fully saturated rings. The SMILES string of the molecule is CCN(CC)S(=O)(=O)c1ccc(C(=O)NC(CN)C2CC2)cc1. The van der Waals surface area contributed by atoms with Gasteiger partial charge < -0.3 is 11.1 Å². The molecule has 23 heavy (non-hydrogen) atoms. The summed E-state index contributed by atoms with van der Waals surface area (Å²) in [6, 6.07) is 6.06. The highest BCUT2D eigenvalue weighted by atomic mass is 32.2. The molecule has 1 aromatic carbocycles. The molecular weight excluding hydrogens is 314 g/mol. The Bertz CT molecular complexity index is 635. The Kier molecular flexibility index (Phi) is 5.78. The second kappa shape index (κ2) is 7.42. The van der Waals surface area contributed by atoms with Gasteiger partial charge in [0.2, 0.25) is 10.0 Å². The Morgan fingerprint density at radius 2 is 1.83 bits per heavy atom. The number of benzene rings is 1. The van der Waals surface area contributed by atoms with Crippen molar-refractivity contribution in [3.63, 3.8) is 0 Å². The summed E-state index contributed by atoms with van der Waals surface area (Å²) in [7, 11) is -3.49. The summed E-state index contributed by atoms with van der Waals surface area (Å²) in [4.78, 5) is 12.4. The minimum absolute atomic E-state index is 0.00147. The van der Waals surface area contributed by atoms with E-state index in [2.05, 4.69) is 5.32 Å². The van der Waals surface area contributed by atoms with Crippen molar-refractivity contribution in [2.24, 2.45) is 11.7 Å². The summed E-state index contributed by atoms with van der Waals surface area (Å²) in [5.74, 6) is 0.269. The maximum atomic E-state index is 12.4. The number of amides is 1.